The molecular formula is C25H20F3N3O3. The molecule has 3 aromatic rings. The van der Waals surface area contributed by atoms with Gasteiger partial charge in [-0.3, -0.25) is 4.79 Å². The predicted octanol–water partition coefficient (Wildman–Crippen LogP) is 5.45. The molecule has 0 unspecified atom stereocenters. The average Bonchev–Trinajstić information content (AvgIpc) is 3.09. The van der Waals surface area contributed by atoms with Crippen molar-refractivity contribution in [2.75, 3.05) is 12.4 Å². The van der Waals surface area contributed by atoms with E-state index in [9.17, 15) is 28.0 Å². The molecule has 3 rings (SSSR count). The summed E-state index contributed by atoms with van der Waals surface area (Å²) in [6.45, 7) is 3.64. The van der Waals surface area contributed by atoms with Crippen LogP contribution in [-0.2, 0) is 15.7 Å². The fourth-order valence-electron chi connectivity index (χ4n) is 3.47. The van der Waals surface area contributed by atoms with E-state index in [4.69, 9.17) is 4.74 Å². The number of ether oxygens (including phenoxy) is 1. The van der Waals surface area contributed by atoms with Gasteiger partial charge >= 0.3 is 12.1 Å². The molecule has 0 saturated heterocycles. The maximum absolute atomic E-state index is 12.9. The summed E-state index contributed by atoms with van der Waals surface area (Å²) in [5.41, 5.74) is 2.03. The number of nitrogens with zero attached hydrogens (tertiary/aromatic N) is 2. The highest BCUT2D eigenvalue weighted by Gasteiger charge is 2.30. The molecule has 0 bridgehead atoms. The molecule has 1 amide bonds. The van der Waals surface area contributed by atoms with E-state index in [1.54, 1.807) is 43.3 Å². The number of halogens is 3. The van der Waals surface area contributed by atoms with Gasteiger partial charge in [-0.25, -0.2) is 4.79 Å². The van der Waals surface area contributed by atoms with Crippen LogP contribution in [0, 0.1) is 25.2 Å². The van der Waals surface area contributed by atoms with Gasteiger partial charge in [0.1, 0.15) is 11.6 Å². The smallest absolute Gasteiger partial charge is 0.416 e. The Morgan fingerprint density at radius 2 is 1.76 bits per heavy atom. The van der Waals surface area contributed by atoms with Gasteiger partial charge in [0.05, 0.1) is 18.2 Å². The maximum atomic E-state index is 12.9. The fraction of sp³-hybridized carbons (Fsp3) is 0.160. The van der Waals surface area contributed by atoms with Crippen molar-refractivity contribution in [3.63, 3.8) is 0 Å². The lowest BCUT2D eigenvalue weighted by Gasteiger charge is -2.11. The summed E-state index contributed by atoms with van der Waals surface area (Å²) >= 11 is 0. The van der Waals surface area contributed by atoms with Crippen LogP contribution in [0.4, 0.5) is 18.9 Å². The second-order valence-corrected chi connectivity index (χ2v) is 7.40. The molecule has 0 aliphatic rings. The second-order valence-electron chi connectivity index (χ2n) is 7.40. The first-order valence-corrected chi connectivity index (χ1v) is 10.0. The minimum absolute atomic E-state index is 0.0721. The van der Waals surface area contributed by atoms with Gasteiger partial charge in [-0.1, -0.05) is 6.07 Å². The molecule has 9 heteroatoms. The van der Waals surface area contributed by atoms with E-state index < -0.39 is 23.6 Å². The number of aromatic nitrogens is 1. The molecule has 0 atom stereocenters. The number of carbonyl (C=O) groups is 2. The van der Waals surface area contributed by atoms with E-state index >= 15 is 0 Å². The van der Waals surface area contributed by atoms with Crippen molar-refractivity contribution in [1.29, 1.82) is 5.26 Å². The Balaban J connectivity index is 1.89. The normalized spacial score (nSPS) is 11.6. The maximum Gasteiger partial charge on any atom is 0.416 e. The Labute approximate surface area is 193 Å². The van der Waals surface area contributed by atoms with Crippen LogP contribution in [0.25, 0.3) is 11.8 Å². The van der Waals surface area contributed by atoms with Crippen LogP contribution < -0.4 is 5.32 Å². The highest BCUT2D eigenvalue weighted by Crippen LogP contribution is 2.31. The largest absolute Gasteiger partial charge is 0.465 e. The third-order valence-electron chi connectivity index (χ3n) is 5.13. The molecule has 2 aromatic carbocycles. The van der Waals surface area contributed by atoms with Gasteiger partial charge in [0.15, 0.2) is 0 Å². The molecule has 34 heavy (non-hydrogen) atoms. The lowest BCUT2D eigenvalue weighted by molar-refractivity contribution is -0.137. The summed E-state index contributed by atoms with van der Waals surface area (Å²) in [4.78, 5) is 24.2. The van der Waals surface area contributed by atoms with E-state index in [0.717, 1.165) is 29.2 Å². The van der Waals surface area contributed by atoms with Crippen LogP contribution in [0.2, 0.25) is 0 Å². The Morgan fingerprint density at radius 3 is 2.35 bits per heavy atom. The van der Waals surface area contributed by atoms with Gasteiger partial charge in [0.25, 0.3) is 5.91 Å². The van der Waals surface area contributed by atoms with Gasteiger partial charge in [0, 0.05) is 22.8 Å². The van der Waals surface area contributed by atoms with Gasteiger partial charge in [0.2, 0.25) is 0 Å². The summed E-state index contributed by atoms with van der Waals surface area (Å²) in [5, 5.41) is 11.8. The Morgan fingerprint density at radius 1 is 1.09 bits per heavy atom. The molecule has 0 aliphatic carbocycles. The first kappa shape index (κ1) is 24.3. The summed E-state index contributed by atoms with van der Waals surface area (Å²) in [7, 11) is 1.30. The van der Waals surface area contributed by atoms with Crippen LogP contribution in [0.15, 0.2) is 60.2 Å². The van der Waals surface area contributed by atoms with Gasteiger partial charge in [-0.15, -0.1) is 0 Å². The standard InChI is InChI=1S/C25H20F3N3O3/c1-15-11-18(16(2)31(15)22-9-7-17(8-10-22)24(33)34-3)12-19(14-29)23(32)30-21-6-4-5-20(13-21)25(26,27)28/h4-13H,1-3H3,(H,30,32)/b19-12-. The number of amides is 1. The third kappa shape index (κ3) is 5.18. The van der Waals surface area contributed by atoms with Crippen molar-refractivity contribution < 1.29 is 27.5 Å². The summed E-state index contributed by atoms with van der Waals surface area (Å²) in [5.74, 6) is -1.28. The number of hydrogen-bond acceptors (Lipinski definition) is 4. The number of rotatable bonds is 5. The fourth-order valence-corrected chi connectivity index (χ4v) is 3.47. The first-order chi connectivity index (χ1) is 16.0. The number of nitriles is 1. The molecular weight excluding hydrogens is 447 g/mol. The van der Waals surface area contributed by atoms with Gasteiger partial charge < -0.3 is 14.6 Å². The van der Waals surface area contributed by atoms with Crippen molar-refractivity contribution in [3.8, 4) is 11.8 Å². The quantitative estimate of drug-likeness (QED) is 0.307. The Kier molecular flexibility index (Phi) is 6.92. The monoisotopic (exact) mass is 467 g/mol. The molecule has 6 nitrogen and oxygen atoms in total. The molecule has 1 aromatic heterocycles. The zero-order valence-electron chi connectivity index (χ0n) is 18.5. The van der Waals surface area contributed by atoms with Crippen molar-refractivity contribution in [3.05, 3.63) is 88.2 Å². The molecule has 174 valence electrons. The van der Waals surface area contributed by atoms with Crippen LogP contribution in [0.5, 0.6) is 0 Å². The van der Waals surface area contributed by atoms with Crippen molar-refractivity contribution in [1.82, 2.24) is 4.57 Å². The SMILES string of the molecule is COC(=O)c1ccc(-n2c(C)cc(/C=C(/C#N)C(=O)Nc3cccc(C(F)(F)F)c3)c2C)cc1. The molecule has 0 fully saturated rings. The number of anilines is 1. The van der Waals surface area contributed by atoms with Gasteiger partial charge in [-0.05, 0) is 74.0 Å². The molecule has 1 N–H and O–H groups in total. The molecule has 0 aliphatic heterocycles. The van der Waals surface area contributed by atoms with Crippen LogP contribution in [0.3, 0.4) is 0 Å². The Hall–Kier alpha value is -4.32. The van der Waals surface area contributed by atoms with Crippen LogP contribution in [-0.4, -0.2) is 23.6 Å². The second kappa shape index (κ2) is 9.67. The number of carbonyl (C=O) groups excluding carboxylic acids is 2. The number of alkyl halides is 3. The highest BCUT2D eigenvalue weighted by molar-refractivity contribution is 6.09. The Bertz CT molecular complexity index is 1310. The zero-order valence-corrected chi connectivity index (χ0v) is 18.5. The predicted molar refractivity (Wildman–Crippen MR) is 120 cm³/mol. The van der Waals surface area contributed by atoms with E-state index in [1.807, 2.05) is 11.5 Å². The van der Waals surface area contributed by atoms with Crippen LogP contribution in [0.1, 0.15) is 32.9 Å². The average molecular weight is 467 g/mol. The van der Waals surface area contributed by atoms with Crippen molar-refractivity contribution >= 4 is 23.6 Å². The van der Waals surface area contributed by atoms with E-state index in [0.29, 0.717) is 11.1 Å². The summed E-state index contributed by atoms with van der Waals surface area (Å²) in [6, 6.07) is 14.5. The number of hydrogen-bond donors (Lipinski definition) is 1. The van der Waals surface area contributed by atoms with Gasteiger partial charge in [-0.2, -0.15) is 18.4 Å². The van der Waals surface area contributed by atoms with E-state index in [-0.39, 0.29) is 11.3 Å². The minimum Gasteiger partial charge on any atom is -0.465 e. The number of benzene rings is 2. The number of nitrogens with one attached hydrogen (secondary N) is 1. The lowest BCUT2D eigenvalue weighted by atomic mass is 10.1. The minimum atomic E-state index is -4.55. The summed E-state index contributed by atoms with van der Waals surface area (Å²) in [6.07, 6.45) is -3.17. The van der Waals surface area contributed by atoms with E-state index in [1.165, 1.54) is 25.3 Å². The topological polar surface area (TPSA) is 84.1 Å². The van der Waals surface area contributed by atoms with Crippen LogP contribution >= 0.6 is 0 Å². The lowest BCUT2D eigenvalue weighted by Crippen LogP contribution is -2.14. The van der Waals surface area contributed by atoms with Crippen molar-refractivity contribution in [2.45, 2.75) is 20.0 Å². The number of aryl methyl sites for hydroxylation is 1. The summed E-state index contributed by atoms with van der Waals surface area (Å²) < 4.78 is 45.3. The number of esters is 1. The van der Waals surface area contributed by atoms with E-state index in [2.05, 4.69) is 5.32 Å². The third-order valence-corrected chi connectivity index (χ3v) is 5.13. The van der Waals surface area contributed by atoms with Crippen molar-refractivity contribution in [2.24, 2.45) is 0 Å². The molecule has 0 spiro atoms. The number of methoxy groups -OCH3 is 1. The highest BCUT2D eigenvalue weighted by atomic mass is 19.4. The zero-order chi connectivity index (χ0) is 25.0. The molecule has 0 saturated carbocycles. The molecule has 0 radical (unpaired) electrons. The first-order valence-electron chi connectivity index (χ1n) is 10.0. The molecule has 1 heterocycles.